The molecule has 7 heteroatoms. The third kappa shape index (κ3) is 4.83. The van der Waals surface area contributed by atoms with Crippen molar-refractivity contribution in [3.63, 3.8) is 0 Å². The SMILES string of the molecule is CCOC(=O)N[C@H](Cc1c[nH]c2ccccc12)C(=O)Nc1ccc(I)cc1C. The largest absolute Gasteiger partial charge is 0.450 e. The average molecular weight is 491 g/mol. The molecule has 2 amide bonds. The van der Waals surface area contributed by atoms with Gasteiger partial charge in [-0.3, -0.25) is 4.79 Å². The number of hydrogen-bond acceptors (Lipinski definition) is 3. The summed E-state index contributed by atoms with van der Waals surface area (Å²) in [7, 11) is 0. The zero-order valence-corrected chi connectivity index (χ0v) is 17.9. The molecule has 146 valence electrons. The van der Waals surface area contributed by atoms with Crippen LogP contribution in [0.1, 0.15) is 18.1 Å². The van der Waals surface area contributed by atoms with Crippen LogP contribution >= 0.6 is 22.6 Å². The summed E-state index contributed by atoms with van der Waals surface area (Å²) in [6, 6.07) is 12.9. The van der Waals surface area contributed by atoms with Crippen LogP contribution in [0.25, 0.3) is 10.9 Å². The Labute approximate surface area is 177 Å². The van der Waals surface area contributed by atoms with Gasteiger partial charge in [-0.15, -0.1) is 0 Å². The third-order valence-corrected chi connectivity index (χ3v) is 5.10. The topological polar surface area (TPSA) is 83.2 Å². The zero-order chi connectivity index (χ0) is 20.1. The fraction of sp³-hybridized carbons (Fsp3) is 0.238. The fourth-order valence-electron chi connectivity index (χ4n) is 3.03. The first kappa shape index (κ1) is 20.2. The minimum Gasteiger partial charge on any atom is -0.450 e. The summed E-state index contributed by atoms with van der Waals surface area (Å²) in [6.07, 6.45) is 1.60. The number of hydrogen-bond donors (Lipinski definition) is 3. The maximum Gasteiger partial charge on any atom is 0.407 e. The van der Waals surface area contributed by atoms with E-state index in [1.54, 1.807) is 6.92 Å². The lowest BCUT2D eigenvalue weighted by Crippen LogP contribution is -2.45. The van der Waals surface area contributed by atoms with Gasteiger partial charge in [0.2, 0.25) is 5.91 Å². The Bertz CT molecular complexity index is 999. The highest BCUT2D eigenvalue weighted by Crippen LogP contribution is 2.21. The van der Waals surface area contributed by atoms with Crippen LogP contribution in [-0.4, -0.2) is 29.6 Å². The summed E-state index contributed by atoms with van der Waals surface area (Å²) in [5, 5.41) is 6.63. The number of aromatic amines is 1. The van der Waals surface area contributed by atoms with E-state index >= 15 is 0 Å². The lowest BCUT2D eigenvalue weighted by Gasteiger charge is -2.19. The van der Waals surface area contributed by atoms with Gasteiger partial charge in [0, 0.05) is 32.8 Å². The lowest BCUT2D eigenvalue weighted by molar-refractivity contribution is -0.118. The molecule has 0 aliphatic heterocycles. The number of ether oxygens (including phenoxy) is 1. The number of anilines is 1. The van der Waals surface area contributed by atoms with E-state index in [0.29, 0.717) is 6.42 Å². The van der Waals surface area contributed by atoms with Crippen LogP contribution in [-0.2, 0) is 16.0 Å². The number of aromatic nitrogens is 1. The first-order chi connectivity index (χ1) is 13.5. The van der Waals surface area contributed by atoms with Gasteiger partial charge in [-0.05, 0) is 71.8 Å². The molecule has 1 aromatic heterocycles. The summed E-state index contributed by atoms with van der Waals surface area (Å²) < 4.78 is 6.07. The van der Waals surface area contributed by atoms with Crippen molar-refractivity contribution >= 4 is 51.2 Å². The highest BCUT2D eigenvalue weighted by Gasteiger charge is 2.23. The molecular formula is C21H22IN3O3. The van der Waals surface area contributed by atoms with E-state index in [4.69, 9.17) is 4.74 Å². The molecule has 3 aromatic rings. The Hall–Kier alpha value is -2.55. The molecule has 1 atom stereocenters. The van der Waals surface area contributed by atoms with Crippen LogP contribution in [0.2, 0.25) is 0 Å². The molecule has 6 nitrogen and oxygen atoms in total. The van der Waals surface area contributed by atoms with Crippen molar-refractivity contribution in [2.45, 2.75) is 26.3 Å². The Balaban J connectivity index is 1.83. The summed E-state index contributed by atoms with van der Waals surface area (Å²) >= 11 is 2.23. The van der Waals surface area contributed by atoms with Gasteiger partial charge in [-0.1, -0.05) is 18.2 Å². The number of alkyl carbamates (subject to hydrolysis) is 1. The number of carbonyl (C=O) groups excluding carboxylic acids is 2. The van der Waals surface area contributed by atoms with Crippen molar-refractivity contribution in [3.8, 4) is 0 Å². The number of benzene rings is 2. The number of nitrogens with one attached hydrogen (secondary N) is 3. The first-order valence-corrected chi connectivity index (χ1v) is 10.1. The second kappa shape index (κ2) is 9.09. The normalized spacial score (nSPS) is 11.8. The molecule has 28 heavy (non-hydrogen) atoms. The molecule has 0 radical (unpaired) electrons. The van der Waals surface area contributed by atoms with Gasteiger partial charge in [0.15, 0.2) is 0 Å². The van der Waals surface area contributed by atoms with E-state index in [1.165, 1.54) is 0 Å². The van der Waals surface area contributed by atoms with Crippen LogP contribution in [0.5, 0.6) is 0 Å². The predicted molar refractivity (Wildman–Crippen MR) is 118 cm³/mol. The van der Waals surface area contributed by atoms with Crippen molar-refractivity contribution in [1.29, 1.82) is 0 Å². The van der Waals surface area contributed by atoms with Crippen LogP contribution in [0.4, 0.5) is 10.5 Å². The van der Waals surface area contributed by atoms with Crippen LogP contribution < -0.4 is 10.6 Å². The molecule has 0 bridgehead atoms. The van der Waals surface area contributed by atoms with Crippen molar-refractivity contribution < 1.29 is 14.3 Å². The molecule has 0 saturated heterocycles. The highest BCUT2D eigenvalue weighted by molar-refractivity contribution is 14.1. The molecule has 1 heterocycles. The van der Waals surface area contributed by atoms with Gasteiger partial charge in [0.25, 0.3) is 0 Å². The minimum atomic E-state index is -0.767. The molecule has 0 spiro atoms. The molecule has 0 aliphatic rings. The summed E-state index contributed by atoms with van der Waals surface area (Å²) in [6.45, 7) is 3.90. The van der Waals surface area contributed by atoms with E-state index in [0.717, 1.165) is 31.3 Å². The summed E-state index contributed by atoms with van der Waals surface area (Å²) in [4.78, 5) is 28.1. The van der Waals surface area contributed by atoms with Gasteiger partial charge < -0.3 is 20.4 Å². The Morgan fingerprint density at radius 3 is 2.75 bits per heavy atom. The van der Waals surface area contributed by atoms with E-state index in [2.05, 4.69) is 38.2 Å². The number of H-pyrrole nitrogens is 1. The molecule has 0 fully saturated rings. The lowest BCUT2D eigenvalue weighted by atomic mass is 10.0. The Morgan fingerprint density at radius 2 is 2.00 bits per heavy atom. The van der Waals surface area contributed by atoms with E-state index in [1.807, 2.05) is 55.6 Å². The summed E-state index contributed by atoms with van der Waals surface area (Å²) in [5.41, 5.74) is 3.62. The first-order valence-electron chi connectivity index (χ1n) is 9.03. The molecular weight excluding hydrogens is 469 g/mol. The molecule has 0 saturated carbocycles. The number of halogens is 1. The Kier molecular flexibility index (Phi) is 6.56. The molecule has 2 aromatic carbocycles. The van der Waals surface area contributed by atoms with Crippen LogP contribution in [0, 0.1) is 10.5 Å². The second-order valence-electron chi connectivity index (χ2n) is 6.43. The molecule has 3 rings (SSSR count). The van der Waals surface area contributed by atoms with E-state index < -0.39 is 12.1 Å². The maximum atomic E-state index is 13.0. The summed E-state index contributed by atoms with van der Waals surface area (Å²) in [5.74, 6) is -0.289. The standard InChI is InChI=1S/C21H22IN3O3/c1-3-28-21(27)25-19(11-14-12-23-18-7-5-4-6-16(14)18)20(26)24-17-9-8-15(22)10-13(17)2/h4-10,12,19,23H,3,11H2,1-2H3,(H,24,26)(H,25,27)/t19-/m1/s1. The third-order valence-electron chi connectivity index (χ3n) is 4.43. The van der Waals surface area contributed by atoms with Gasteiger partial charge in [-0.25, -0.2) is 4.79 Å². The number of aryl methyl sites for hydroxylation is 1. The van der Waals surface area contributed by atoms with Gasteiger partial charge in [-0.2, -0.15) is 0 Å². The van der Waals surface area contributed by atoms with Crippen molar-refractivity contribution in [1.82, 2.24) is 10.3 Å². The predicted octanol–water partition coefficient (Wildman–Crippen LogP) is 4.38. The van der Waals surface area contributed by atoms with Crippen LogP contribution in [0.15, 0.2) is 48.7 Å². The van der Waals surface area contributed by atoms with Gasteiger partial charge >= 0.3 is 6.09 Å². The smallest absolute Gasteiger partial charge is 0.407 e. The fourth-order valence-corrected chi connectivity index (χ4v) is 3.68. The number of amides is 2. The van der Waals surface area contributed by atoms with Crippen molar-refractivity contribution in [2.75, 3.05) is 11.9 Å². The quantitative estimate of drug-likeness (QED) is 0.448. The monoisotopic (exact) mass is 491 g/mol. The average Bonchev–Trinajstić information content (AvgIpc) is 3.07. The number of rotatable bonds is 6. The van der Waals surface area contributed by atoms with Crippen LogP contribution in [0.3, 0.4) is 0 Å². The zero-order valence-electron chi connectivity index (χ0n) is 15.7. The highest BCUT2D eigenvalue weighted by atomic mass is 127. The van der Waals surface area contributed by atoms with E-state index in [-0.39, 0.29) is 12.5 Å². The minimum absolute atomic E-state index is 0.240. The molecule has 0 unspecified atom stereocenters. The van der Waals surface area contributed by atoms with Gasteiger partial charge in [0.05, 0.1) is 6.61 Å². The van der Waals surface area contributed by atoms with Gasteiger partial charge in [0.1, 0.15) is 6.04 Å². The molecule has 0 aliphatic carbocycles. The Morgan fingerprint density at radius 1 is 1.21 bits per heavy atom. The van der Waals surface area contributed by atoms with Crippen molar-refractivity contribution in [3.05, 3.63) is 63.4 Å². The van der Waals surface area contributed by atoms with Crippen molar-refractivity contribution in [2.24, 2.45) is 0 Å². The maximum absolute atomic E-state index is 13.0. The molecule has 3 N–H and O–H groups in total. The van der Waals surface area contributed by atoms with E-state index in [9.17, 15) is 9.59 Å². The number of carbonyl (C=O) groups is 2. The number of para-hydroxylation sites is 1. The number of fused-ring (bicyclic) bond motifs is 1. The second-order valence-corrected chi connectivity index (χ2v) is 7.68.